The van der Waals surface area contributed by atoms with Crippen LogP contribution < -0.4 is 10.2 Å². The van der Waals surface area contributed by atoms with Crippen LogP contribution in [-0.4, -0.2) is 19.6 Å². The van der Waals surface area contributed by atoms with Gasteiger partial charge in [-0.25, -0.2) is 0 Å². The van der Waals surface area contributed by atoms with Crippen LogP contribution in [0.5, 0.6) is 0 Å². The summed E-state index contributed by atoms with van der Waals surface area (Å²) in [5, 5.41) is 4.08. The fourth-order valence-corrected chi connectivity index (χ4v) is 2.88. The van der Waals surface area contributed by atoms with Gasteiger partial charge in [0.25, 0.3) is 0 Å². The summed E-state index contributed by atoms with van der Waals surface area (Å²) in [4.78, 5) is 2.54. The van der Waals surface area contributed by atoms with Crippen molar-refractivity contribution in [2.24, 2.45) is 5.92 Å². The third-order valence-corrected chi connectivity index (χ3v) is 3.90. The molecule has 0 aromatic heterocycles. The van der Waals surface area contributed by atoms with E-state index < -0.39 is 0 Å². The molecule has 3 heteroatoms. The van der Waals surface area contributed by atoms with Crippen molar-refractivity contribution in [1.29, 1.82) is 0 Å². The van der Waals surface area contributed by atoms with Crippen LogP contribution in [0, 0.1) is 5.92 Å². The molecule has 0 atom stereocenters. The first-order valence-electron chi connectivity index (χ1n) is 7.73. The number of hydrogen-bond donors (Lipinski definition) is 1. The first kappa shape index (κ1) is 17.3. The van der Waals surface area contributed by atoms with Gasteiger partial charge in [-0.15, -0.1) is 0 Å². The lowest BCUT2D eigenvalue weighted by molar-refractivity contribution is 0.506. The minimum Gasteiger partial charge on any atom is -0.368 e. The van der Waals surface area contributed by atoms with E-state index in [-0.39, 0.29) is 0 Å². The minimum atomic E-state index is 0.575. The van der Waals surface area contributed by atoms with Crippen molar-refractivity contribution >= 4 is 17.3 Å². The Balaban J connectivity index is 3.19. The summed E-state index contributed by atoms with van der Waals surface area (Å²) in [7, 11) is 1.99. The Morgan fingerprint density at radius 1 is 1.20 bits per heavy atom. The van der Waals surface area contributed by atoms with Crippen LogP contribution in [0.4, 0.5) is 5.69 Å². The van der Waals surface area contributed by atoms with Crippen LogP contribution in [0.1, 0.15) is 46.1 Å². The number of nitrogens with one attached hydrogen (secondary N) is 1. The van der Waals surface area contributed by atoms with Gasteiger partial charge >= 0.3 is 0 Å². The van der Waals surface area contributed by atoms with Gasteiger partial charge in [-0.2, -0.15) is 0 Å². The largest absolute Gasteiger partial charge is 0.368 e. The third-order valence-electron chi connectivity index (χ3n) is 3.67. The zero-order valence-electron chi connectivity index (χ0n) is 13.5. The van der Waals surface area contributed by atoms with Crippen LogP contribution in [-0.2, 0) is 6.54 Å². The summed E-state index contributed by atoms with van der Waals surface area (Å²) < 4.78 is 0. The van der Waals surface area contributed by atoms with E-state index in [1.54, 1.807) is 0 Å². The fraction of sp³-hybridized carbons (Fsp3) is 0.647. The standard InChI is InChI=1S/C17H29ClN2/c1-6-16(7-2)20(12-13(3)4)17-10-15(18)9-8-14(17)11-19-5/h8-10,13,16,19H,6-7,11-12H2,1-5H3. The Hall–Kier alpha value is -0.730. The average Bonchev–Trinajstić information content (AvgIpc) is 2.41. The highest BCUT2D eigenvalue weighted by molar-refractivity contribution is 6.30. The molecule has 1 rings (SSSR count). The van der Waals surface area contributed by atoms with Crippen molar-refractivity contribution in [3.05, 3.63) is 28.8 Å². The molecular weight excluding hydrogens is 268 g/mol. The molecule has 0 aliphatic rings. The molecule has 0 unspecified atom stereocenters. The number of nitrogens with zero attached hydrogens (tertiary/aromatic N) is 1. The molecule has 0 saturated carbocycles. The second-order valence-electron chi connectivity index (χ2n) is 5.82. The van der Waals surface area contributed by atoms with E-state index in [2.05, 4.69) is 50.0 Å². The van der Waals surface area contributed by atoms with Gasteiger partial charge in [-0.05, 0) is 43.5 Å². The van der Waals surface area contributed by atoms with Gasteiger partial charge in [0.05, 0.1) is 0 Å². The van der Waals surface area contributed by atoms with Crippen LogP contribution >= 0.6 is 11.6 Å². The van der Waals surface area contributed by atoms with Crippen LogP contribution in [0.3, 0.4) is 0 Å². The topological polar surface area (TPSA) is 15.3 Å². The highest BCUT2D eigenvalue weighted by Crippen LogP contribution is 2.29. The summed E-state index contributed by atoms with van der Waals surface area (Å²) >= 11 is 6.24. The van der Waals surface area contributed by atoms with Crippen molar-refractivity contribution in [3.63, 3.8) is 0 Å². The molecule has 1 N–H and O–H groups in total. The maximum absolute atomic E-state index is 6.24. The van der Waals surface area contributed by atoms with Crippen molar-refractivity contribution in [1.82, 2.24) is 5.32 Å². The van der Waals surface area contributed by atoms with Gasteiger partial charge < -0.3 is 10.2 Å². The molecule has 0 heterocycles. The minimum absolute atomic E-state index is 0.575. The molecule has 0 bridgehead atoms. The Labute approximate surface area is 129 Å². The predicted octanol–water partition coefficient (Wildman–Crippen LogP) is 4.71. The van der Waals surface area contributed by atoms with E-state index in [1.807, 2.05) is 13.1 Å². The van der Waals surface area contributed by atoms with Gasteiger partial charge in [-0.3, -0.25) is 0 Å². The summed E-state index contributed by atoms with van der Waals surface area (Å²) in [6, 6.07) is 6.82. The van der Waals surface area contributed by atoms with Crippen LogP contribution in [0.25, 0.3) is 0 Å². The number of anilines is 1. The SMILES string of the molecule is CCC(CC)N(CC(C)C)c1cc(Cl)ccc1CNC. The lowest BCUT2D eigenvalue weighted by Crippen LogP contribution is -2.38. The van der Waals surface area contributed by atoms with Crippen LogP contribution in [0.15, 0.2) is 18.2 Å². The molecule has 0 amide bonds. The van der Waals surface area contributed by atoms with Crippen molar-refractivity contribution in [3.8, 4) is 0 Å². The highest BCUT2D eigenvalue weighted by atomic mass is 35.5. The molecule has 0 fully saturated rings. The molecule has 20 heavy (non-hydrogen) atoms. The van der Waals surface area contributed by atoms with Crippen molar-refractivity contribution in [2.75, 3.05) is 18.5 Å². The summed E-state index contributed by atoms with van der Waals surface area (Å²) in [6.07, 6.45) is 2.32. The van der Waals surface area contributed by atoms with E-state index >= 15 is 0 Å². The average molecular weight is 297 g/mol. The fourth-order valence-electron chi connectivity index (χ4n) is 2.71. The molecule has 0 radical (unpaired) electrons. The molecule has 0 aliphatic carbocycles. The van der Waals surface area contributed by atoms with E-state index in [0.717, 1.165) is 31.0 Å². The molecule has 1 aromatic rings. The van der Waals surface area contributed by atoms with Gasteiger partial charge in [0, 0.05) is 29.8 Å². The molecule has 1 aromatic carbocycles. The van der Waals surface area contributed by atoms with E-state index in [4.69, 9.17) is 11.6 Å². The molecule has 114 valence electrons. The first-order valence-corrected chi connectivity index (χ1v) is 8.10. The molecule has 0 spiro atoms. The van der Waals surface area contributed by atoms with Gasteiger partial charge in [0.2, 0.25) is 0 Å². The second kappa shape index (κ2) is 8.53. The highest BCUT2D eigenvalue weighted by Gasteiger charge is 2.19. The number of halogens is 1. The Kier molecular flexibility index (Phi) is 7.39. The first-order chi connectivity index (χ1) is 9.53. The molecule has 0 aliphatic heterocycles. The molecule has 2 nitrogen and oxygen atoms in total. The summed E-state index contributed by atoms with van der Waals surface area (Å²) in [6.45, 7) is 11.0. The lowest BCUT2D eigenvalue weighted by atomic mass is 10.0. The lowest BCUT2D eigenvalue weighted by Gasteiger charge is -2.35. The van der Waals surface area contributed by atoms with Crippen molar-refractivity contribution < 1.29 is 0 Å². The van der Waals surface area contributed by atoms with E-state index in [0.29, 0.717) is 12.0 Å². The quantitative estimate of drug-likeness (QED) is 0.747. The second-order valence-corrected chi connectivity index (χ2v) is 6.26. The van der Waals surface area contributed by atoms with Crippen LogP contribution in [0.2, 0.25) is 5.02 Å². The third kappa shape index (κ3) is 4.68. The number of rotatable bonds is 8. The number of hydrogen-bond acceptors (Lipinski definition) is 2. The van der Waals surface area contributed by atoms with Gasteiger partial charge in [0.1, 0.15) is 0 Å². The zero-order valence-corrected chi connectivity index (χ0v) is 14.3. The van der Waals surface area contributed by atoms with Gasteiger partial charge in [-0.1, -0.05) is 45.4 Å². The molecular formula is C17H29ClN2. The Morgan fingerprint density at radius 3 is 2.35 bits per heavy atom. The summed E-state index contributed by atoms with van der Waals surface area (Å²) in [5.74, 6) is 0.636. The zero-order chi connectivity index (χ0) is 15.1. The predicted molar refractivity (Wildman–Crippen MR) is 90.8 cm³/mol. The maximum Gasteiger partial charge on any atom is 0.0429 e. The van der Waals surface area contributed by atoms with Crippen molar-refractivity contribution in [2.45, 2.75) is 53.1 Å². The smallest absolute Gasteiger partial charge is 0.0429 e. The summed E-state index contributed by atoms with van der Waals surface area (Å²) in [5.41, 5.74) is 2.61. The Morgan fingerprint density at radius 2 is 1.85 bits per heavy atom. The Bertz CT molecular complexity index is 400. The van der Waals surface area contributed by atoms with Gasteiger partial charge in [0.15, 0.2) is 0 Å². The maximum atomic E-state index is 6.24. The van der Waals surface area contributed by atoms with E-state index in [1.165, 1.54) is 11.3 Å². The van der Waals surface area contributed by atoms with E-state index in [9.17, 15) is 0 Å². The normalized spacial score (nSPS) is 11.4. The molecule has 0 saturated heterocycles. The monoisotopic (exact) mass is 296 g/mol. The number of benzene rings is 1.